The molecule has 4 aromatic rings. The van der Waals surface area contributed by atoms with Crippen molar-refractivity contribution >= 4 is 35.0 Å². The summed E-state index contributed by atoms with van der Waals surface area (Å²) in [5, 5.41) is 4.35. The molecule has 0 amide bonds. The van der Waals surface area contributed by atoms with Crippen molar-refractivity contribution in [3.05, 3.63) is 173 Å². The van der Waals surface area contributed by atoms with Crippen molar-refractivity contribution in [2.24, 2.45) is 0 Å². The normalized spacial score (nSPS) is 15.1. The van der Waals surface area contributed by atoms with Gasteiger partial charge in [0, 0.05) is 0 Å². The Labute approximate surface area is 227 Å². The SMILES string of the molecule is C=C/C=C(\C=C/C)C1=CCc2c1cccc2P(c1ccccc1)c1cccc2c1CC=C2c1ccccc1. The molecule has 0 nitrogen and oxygen atoms in total. The van der Waals surface area contributed by atoms with Crippen LogP contribution in [0, 0.1) is 0 Å². The van der Waals surface area contributed by atoms with E-state index in [2.05, 4.69) is 141 Å². The highest BCUT2D eigenvalue weighted by Crippen LogP contribution is 2.43. The van der Waals surface area contributed by atoms with E-state index in [0.29, 0.717) is 0 Å². The quantitative estimate of drug-likeness (QED) is 0.176. The molecule has 2 aliphatic rings. The molecule has 0 saturated heterocycles. The van der Waals surface area contributed by atoms with Gasteiger partial charge in [-0.05, 0) is 88.1 Å². The standard InChI is InChI=1S/C37H31P/c1-3-13-27(14-4-2)30-23-25-34-32(30)19-11-21-36(34)38(29-17-9-6-10-18-29)37-22-12-20-33-31(24-26-35(33)37)28-15-7-5-8-16-28/h3-24H,1,25-26H2,2H3/b14-4-,27-13+. The van der Waals surface area contributed by atoms with E-state index >= 15 is 0 Å². The molecule has 1 atom stereocenters. The van der Waals surface area contributed by atoms with E-state index in [9.17, 15) is 0 Å². The summed E-state index contributed by atoms with van der Waals surface area (Å²) in [6.45, 7) is 6.03. The van der Waals surface area contributed by atoms with E-state index in [1.165, 1.54) is 60.5 Å². The van der Waals surface area contributed by atoms with Crippen molar-refractivity contribution in [1.82, 2.24) is 0 Å². The van der Waals surface area contributed by atoms with Gasteiger partial charge in [-0.25, -0.2) is 0 Å². The van der Waals surface area contributed by atoms with Gasteiger partial charge in [-0.3, -0.25) is 0 Å². The Kier molecular flexibility index (Phi) is 6.91. The summed E-state index contributed by atoms with van der Waals surface area (Å²) in [5.41, 5.74) is 10.9. The molecule has 38 heavy (non-hydrogen) atoms. The Hall–Kier alpha value is -3.99. The minimum Gasteiger partial charge on any atom is -0.0990 e. The minimum atomic E-state index is -0.718. The topological polar surface area (TPSA) is 0 Å². The van der Waals surface area contributed by atoms with Gasteiger partial charge in [-0.1, -0.05) is 140 Å². The second-order valence-electron chi connectivity index (χ2n) is 9.65. The predicted octanol–water partition coefficient (Wildman–Crippen LogP) is 8.06. The van der Waals surface area contributed by atoms with Gasteiger partial charge in [0.15, 0.2) is 0 Å². The third kappa shape index (κ3) is 4.36. The molecule has 0 aliphatic heterocycles. The zero-order valence-corrected chi connectivity index (χ0v) is 22.7. The van der Waals surface area contributed by atoms with Gasteiger partial charge in [0.2, 0.25) is 0 Å². The molecule has 0 fully saturated rings. The first-order valence-corrected chi connectivity index (χ1v) is 14.7. The zero-order chi connectivity index (χ0) is 25.9. The van der Waals surface area contributed by atoms with Crippen LogP contribution in [-0.4, -0.2) is 0 Å². The van der Waals surface area contributed by atoms with E-state index < -0.39 is 7.92 Å². The summed E-state index contributed by atoms with van der Waals surface area (Å²) in [6, 6.07) is 35.8. The summed E-state index contributed by atoms with van der Waals surface area (Å²) in [4.78, 5) is 0. The summed E-state index contributed by atoms with van der Waals surface area (Å²) < 4.78 is 0. The van der Waals surface area contributed by atoms with Gasteiger partial charge in [0.25, 0.3) is 0 Å². The third-order valence-electron chi connectivity index (χ3n) is 7.44. The van der Waals surface area contributed by atoms with Gasteiger partial charge < -0.3 is 0 Å². The lowest BCUT2D eigenvalue weighted by Crippen LogP contribution is -2.26. The Morgan fingerprint density at radius 1 is 0.711 bits per heavy atom. The number of rotatable bonds is 7. The van der Waals surface area contributed by atoms with E-state index in [4.69, 9.17) is 0 Å². The molecular formula is C37H31P. The Morgan fingerprint density at radius 2 is 1.34 bits per heavy atom. The molecule has 0 radical (unpaired) electrons. The molecule has 0 spiro atoms. The maximum Gasteiger partial charge on any atom is -0.00753 e. The minimum absolute atomic E-state index is 0.718. The molecule has 0 N–H and O–H groups in total. The lowest BCUT2D eigenvalue weighted by molar-refractivity contribution is 1.33. The molecular weight excluding hydrogens is 475 g/mol. The Bertz CT molecular complexity index is 1610. The predicted molar refractivity (Wildman–Crippen MR) is 167 cm³/mol. The summed E-state index contributed by atoms with van der Waals surface area (Å²) >= 11 is 0. The van der Waals surface area contributed by atoms with Crippen molar-refractivity contribution < 1.29 is 0 Å². The van der Waals surface area contributed by atoms with Gasteiger partial charge in [-0.2, -0.15) is 0 Å². The van der Waals surface area contributed by atoms with Gasteiger partial charge in [0.05, 0.1) is 0 Å². The fourth-order valence-electron chi connectivity index (χ4n) is 5.82. The second kappa shape index (κ2) is 10.8. The van der Waals surface area contributed by atoms with Crippen LogP contribution in [-0.2, 0) is 12.8 Å². The lowest BCUT2D eigenvalue weighted by atomic mass is 9.98. The molecule has 184 valence electrons. The highest BCUT2D eigenvalue weighted by Gasteiger charge is 2.28. The summed E-state index contributed by atoms with van der Waals surface area (Å²) in [6.07, 6.45) is 15.1. The van der Waals surface area contributed by atoms with Crippen molar-refractivity contribution in [3.63, 3.8) is 0 Å². The zero-order valence-electron chi connectivity index (χ0n) is 21.8. The van der Waals surface area contributed by atoms with Crippen LogP contribution < -0.4 is 15.9 Å². The molecule has 1 unspecified atom stereocenters. The smallest absolute Gasteiger partial charge is 0.00753 e. The number of allylic oxidation sites excluding steroid dienone is 8. The van der Waals surface area contributed by atoms with Crippen LogP contribution >= 0.6 is 7.92 Å². The fraction of sp³-hybridized carbons (Fsp3) is 0.0811. The first-order chi connectivity index (χ1) is 18.8. The number of hydrogen-bond acceptors (Lipinski definition) is 0. The molecule has 1 heteroatoms. The van der Waals surface area contributed by atoms with Crippen LogP contribution in [0.5, 0.6) is 0 Å². The van der Waals surface area contributed by atoms with Crippen LogP contribution in [0.15, 0.2) is 146 Å². The van der Waals surface area contributed by atoms with Crippen LogP contribution in [0.4, 0.5) is 0 Å². The van der Waals surface area contributed by atoms with Gasteiger partial charge >= 0.3 is 0 Å². The van der Waals surface area contributed by atoms with Crippen molar-refractivity contribution in [2.75, 3.05) is 0 Å². The van der Waals surface area contributed by atoms with Crippen molar-refractivity contribution in [3.8, 4) is 0 Å². The number of fused-ring (bicyclic) bond motifs is 2. The summed E-state index contributed by atoms with van der Waals surface area (Å²) in [7, 11) is -0.718. The molecule has 0 saturated carbocycles. The third-order valence-corrected chi connectivity index (χ3v) is 10.1. The molecule has 4 aromatic carbocycles. The monoisotopic (exact) mass is 506 g/mol. The lowest BCUT2D eigenvalue weighted by Gasteiger charge is -2.25. The molecule has 2 aliphatic carbocycles. The number of hydrogen-bond donors (Lipinski definition) is 0. The van der Waals surface area contributed by atoms with E-state index in [0.717, 1.165) is 12.8 Å². The van der Waals surface area contributed by atoms with Crippen LogP contribution in [0.2, 0.25) is 0 Å². The van der Waals surface area contributed by atoms with Crippen molar-refractivity contribution in [1.29, 1.82) is 0 Å². The van der Waals surface area contributed by atoms with Crippen LogP contribution in [0.1, 0.15) is 34.7 Å². The van der Waals surface area contributed by atoms with E-state index in [1.54, 1.807) is 0 Å². The van der Waals surface area contributed by atoms with Gasteiger partial charge in [-0.15, -0.1) is 0 Å². The van der Waals surface area contributed by atoms with Crippen LogP contribution in [0.25, 0.3) is 11.1 Å². The second-order valence-corrected chi connectivity index (χ2v) is 11.8. The highest BCUT2D eigenvalue weighted by atomic mass is 31.1. The average Bonchev–Trinajstić information content (AvgIpc) is 3.60. The van der Waals surface area contributed by atoms with E-state index in [-0.39, 0.29) is 0 Å². The molecule has 0 aromatic heterocycles. The van der Waals surface area contributed by atoms with Gasteiger partial charge in [0.1, 0.15) is 0 Å². The number of benzene rings is 4. The highest BCUT2D eigenvalue weighted by molar-refractivity contribution is 7.80. The largest absolute Gasteiger partial charge is 0.0990 e. The summed E-state index contributed by atoms with van der Waals surface area (Å²) in [5.74, 6) is 0. The van der Waals surface area contributed by atoms with E-state index in [1.807, 2.05) is 6.08 Å². The molecule has 0 bridgehead atoms. The Balaban J connectivity index is 1.50. The molecule has 0 heterocycles. The average molecular weight is 507 g/mol. The Morgan fingerprint density at radius 3 is 2.03 bits per heavy atom. The fourth-order valence-corrected chi connectivity index (χ4v) is 8.54. The molecule has 6 rings (SSSR count). The first-order valence-electron chi connectivity index (χ1n) is 13.3. The first kappa shape index (κ1) is 24.4. The van der Waals surface area contributed by atoms with Crippen molar-refractivity contribution in [2.45, 2.75) is 19.8 Å². The maximum atomic E-state index is 3.96. The van der Waals surface area contributed by atoms with Crippen LogP contribution in [0.3, 0.4) is 0 Å². The maximum absolute atomic E-state index is 3.96.